The number of hydrogen-bond donors (Lipinski definition) is 2. The summed E-state index contributed by atoms with van der Waals surface area (Å²) in [5.74, 6) is -1.38. The van der Waals surface area contributed by atoms with Crippen LogP contribution in [0.1, 0.15) is 25.7 Å². The van der Waals surface area contributed by atoms with Crippen LogP contribution in [0, 0.1) is 5.92 Å². The molecule has 1 heterocycles. The number of carbonyl (C=O) groups excluding carboxylic acids is 1. The molecule has 2 fully saturated rings. The van der Waals surface area contributed by atoms with Crippen molar-refractivity contribution in [1.29, 1.82) is 0 Å². The van der Waals surface area contributed by atoms with Crippen molar-refractivity contribution in [2.45, 2.75) is 43.9 Å². The van der Waals surface area contributed by atoms with E-state index in [2.05, 4.69) is 10.6 Å². The molecule has 2 N–H and O–H groups in total. The van der Waals surface area contributed by atoms with Gasteiger partial charge >= 0.3 is 6.18 Å². The van der Waals surface area contributed by atoms with Gasteiger partial charge in [0, 0.05) is 6.04 Å². The van der Waals surface area contributed by atoms with E-state index < -0.39 is 12.1 Å². The summed E-state index contributed by atoms with van der Waals surface area (Å²) >= 11 is 0. The van der Waals surface area contributed by atoms with Gasteiger partial charge in [-0.05, 0) is 32.2 Å². The van der Waals surface area contributed by atoms with Gasteiger partial charge in [0.25, 0.3) is 0 Å². The fourth-order valence-electron chi connectivity index (χ4n) is 2.21. The highest BCUT2D eigenvalue weighted by atomic mass is 19.4. The van der Waals surface area contributed by atoms with E-state index in [0.29, 0.717) is 0 Å². The molecule has 0 bridgehead atoms. The van der Waals surface area contributed by atoms with Gasteiger partial charge in [-0.25, -0.2) is 0 Å². The molecule has 0 aromatic rings. The Hall–Kier alpha value is -0.780. The Labute approximate surface area is 91.8 Å². The van der Waals surface area contributed by atoms with Crippen LogP contribution in [0.2, 0.25) is 0 Å². The Balaban J connectivity index is 1.71. The highest BCUT2D eigenvalue weighted by molar-refractivity contribution is 5.82. The van der Waals surface area contributed by atoms with E-state index >= 15 is 0 Å². The summed E-state index contributed by atoms with van der Waals surface area (Å²) < 4.78 is 36.6. The summed E-state index contributed by atoms with van der Waals surface area (Å²) in [6.07, 6.45) is -2.31. The third kappa shape index (κ3) is 2.48. The van der Waals surface area contributed by atoms with Crippen LogP contribution in [-0.2, 0) is 4.79 Å². The summed E-state index contributed by atoms with van der Waals surface area (Å²) in [5, 5.41) is 5.68. The maximum atomic E-state index is 12.2. The molecule has 1 amide bonds. The molecule has 0 radical (unpaired) electrons. The standard InChI is InChI=1S/C10H15F3N2O/c11-10(12,13)6-4-7(5-6)15-9(16)8-2-1-3-14-8/h6-8,14H,1-5H2,(H,15,16)/t6?,7?,8-/m1/s1. The molecule has 1 saturated heterocycles. The molecule has 0 aromatic carbocycles. The van der Waals surface area contributed by atoms with Gasteiger partial charge in [0.2, 0.25) is 5.91 Å². The van der Waals surface area contributed by atoms with Crippen LogP contribution >= 0.6 is 0 Å². The molecule has 16 heavy (non-hydrogen) atoms. The average Bonchev–Trinajstić information content (AvgIpc) is 2.60. The van der Waals surface area contributed by atoms with Crippen LogP contribution in [0.5, 0.6) is 0 Å². The summed E-state index contributed by atoms with van der Waals surface area (Å²) in [7, 11) is 0. The van der Waals surface area contributed by atoms with Crippen LogP contribution in [-0.4, -0.2) is 30.7 Å². The van der Waals surface area contributed by atoms with Gasteiger partial charge < -0.3 is 10.6 Å². The smallest absolute Gasteiger partial charge is 0.352 e. The molecule has 6 heteroatoms. The van der Waals surface area contributed by atoms with Crippen LogP contribution in [0.25, 0.3) is 0 Å². The maximum Gasteiger partial charge on any atom is 0.391 e. The Bertz CT molecular complexity index is 268. The van der Waals surface area contributed by atoms with E-state index in [1.165, 1.54) is 0 Å². The van der Waals surface area contributed by atoms with Gasteiger partial charge in [-0.2, -0.15) is 13.2 Å². The molecule has 92 valence electrons. The second-order valence-corrected chi connectivity index (χ2v) is 4.56. The zero-order valence-electron chi connectivity index (χ0n) is 8.81. The van der Waals surface area contributed by atoms with Gasteiger partial charge in [-0.15, -0.1) is 0 Å². The number of rotatable bonds is 2. The van der Waals surface area contributed by atoms with Crippen LogP contribution in [0.4, 0.5) is 13.2 Å². The van der Waals surface area contributed by atoms with E-state index in [4.69, 9.17) is 0 Å². The number of halogens is 3. The van der Waals surface area contributed by atoms with Gasteiger partial charge in [-0.1, -0.05) is 0 Å². The minimum Gasteiger partial charge on any atom is -0.352 e. The molecule has 0 unspecified atom stereocenters. The van der Waals surface area contributed by atoms with E-state index in [0.717, 1.165) is 19.4 Å². The molecular formula is C10H15F3N2O. The van der Waals surface area contributed by atoms with Crippen LogP contribution < -0.4 is 10.6 Å². The van der Waals surface area contributed by atoms with Crippen molar-refractivity contribution in [2.24, 2.45) is 5.92 Å². The number of carbonyl (C=O) groups is 1. The highest BCUT2D eigenvalue weighted by Gasteiger charge is 2.48. The summed E-state index contributed by atoms with van der Waals surface area (Å²) in [6.45, 7) is 0.813. The molecule has 3 nitrogen and oxygen atoms in total. The topological polar surface area (TPSA) is 41.1 Å². The van der Waals surface area contributed by atoms with E-state index in [1.807, 2.05) is 0 Å². The molecule has 1 atom stereocenters. The van der Waals surface area contributed by atoms with Gasteiger partial charge in [0.1, 0.15) is 0 Å². The minimum absolute atomic E-state index is 0.0297. The molecule has 0 aromatic heterocycles. The first-order chi connectivity index (χ1) is 7.47. The first-order valence-electron chi connectivity index (χ1n) is 5.57. The average molecular weight is 236 g/mol. The van der Waals surface area contributed by atoms with Crippen molar-refractivity contribution in [3.63, 3.8) is 0 Å². The fourth-order valence-corrected chi connectivity index (χ4v) is 2.21. The Morgan fingerprint density at radius 1 is 1.31 bits per heavy atom. The lowest BCUT2D eigenvalue weighted by molar-refractivity contribution is -0.199. The van der Waals surface area contributed by atoms with E-state index in [1.54, 1.807) is 0 Å². The lowest BCUT2D eigenvalue weighted by Gasteiger charge is -2.37. The first kappa shape index (κ1) is 11.7. The SMILES string of the molecule is O=C(NC1CC(C(F)(F)F)C1)[C@H]1CCCN1. The zero-order chi connectivity index (χ0) is 11.8. The summed E-state index contributed by atoms with van der Waals surface area (Å²) in [6, 6.07) is -0.494. The molecular weight excluding hydrogens is 221 g/mol. The molecule has 2 aliphatic rings. The normalized spacial score (nSPS) is 34.6. The molecule has 1 aliphatic heterocycles. The van der Waals surface area contributed by atoms with E-state index in [-0.39, 0.29) is 30.8 Å². The second-order valence-electron chi connectivity index (χ2n) is 4.56. The predicted octanol–water partition coefficient (Wildman–Crippen LogP) is 1.20. The largest absolute Gasteiger partial charge is 0.391 e. The zero-order valence-corrected chi connectivity index (χ0v) is 8.81. The molecule has 2 rings (SSSR count). The Morgan fingerprint density at radius 2 is 2.00 bits per heavy atom. The van der Waals surface area contributed by atoms with Crippen molar-refractivity contribution in [3.8, 4) is 0 Å². The van der Waals surface area contributed by atoms with Crippen molar-refractivity contribution in [3.05, 3.63) is 0 Å². The Morgan fingerprint density at radius 3 is 2.50 bits per heavy atom. The van der Waals surface area contributed by atoms with E-state index in [9.17, 15) is 18.0 Å². The highest BCUT2D eigenvalue weighted by Crippen LogP contribution is 2.40. The van der Waals surface area contributed by atoms with Crippen molar-refractivity contribution in [1.82, 2.24) is 10.6 Å². The number of nitrogens with one attached hydrogen (secondary N) is 2. The minimum atomic E-state index is -4.10. The second kappa shape index (κ2) is 4.24. The lowest BCUT2D eigenvalue weighted by atomic mass is 9.79. The number of alkyl halides is 3. The predicted molar refractivity (Wildman–Crippen MR) is 51.7 cm³/mol. The third-order valence-corrected chi connectivity index (χ3v) is 3.32. The fraction of sp³-hybridized carbons (Fsp3) is 0.900. The summed E-state index contributed by atoms with van der Waals surface area (Å²) in [5.41, 5.74) is 0. The van der Waals surface area contributed by atoms with Crippen LogP contribution in [0.15, 0.2) is 0 Å². The van der Waals surface area contributed by atoms with Crippen molar-refractivity contribution < 1.29 is 18.0 Å². The van der Waals surface area contributed by atoms with Gasteiger partial charge in [0.15, 0.2) is 0 Å². The first-order valence-corrected chi connectivity index (χ1v) is 5.57. The maximum absolute atomic E-state index is 12.2. The van der Waals surface area contributed by atoms with Gasteiger partial charge in [0.05, 0.1) is 12.0 Å². The van der Waals surface area contributed by atoms with Crippen LogP contribution in [0.3, 0.4) is 0 Å². The van der Waals surface area contributed by atoms with Crippen molar-refractivity contribution >= 4 is 5.91 Å². The number of hydrogen-bond acceptors (Lipinski definition) is 2. The monoisotopic (exact) mass is 236 g/mol. The van der Waals surface area contributed by atoms with Gasteiger partial charge in [-0.3, -0.25) is 4.79 Å². The van der Waals surface area contributed by atoms with Crippen molar-refractivity contribution in [2.75, 3.05) is 6.54 Å². The summed E-state index contributed by atoms with van der Waals surface area (Å²) in [4.78, 5) is 11.6. The quantitative estimate of drug-likeness (QED) is 0.756. The lowest BCUT2D eigenvalue weighted by Crippen LogP contribution is -2.52. The molecule has 0 spiro atoms. The third-order valence-electron chi connectivity index (χ3n) is 3.32. The molecule has 1 saturated carbocycles. The Kier molecular flexibility index (Phi) is 3.10. The molecule has 1 aliphatic carbocycles. The number of amides is 1.